The first-order valence-corrected chi connectivity index (χ1v) is 16.3. The minimum Gasteiger partial charge on any atom is -0.458 e. The van der Waals surface area contributed by atoms with Crippen LogP contribution >= 0.6 is 0 Å². The summed E-state index contributed by atoms with van der Waals surface area (Å²) in [6, 6.07) is 12.1. The van der Waals surface area contributed by atoms with E-state index >= 15 is 0 Å². The van der Waals surface area contributed by atoms with Crippen LogP contribution in [0.1, 0.15) is 103 Å². The fraction of sp³-hybridized carbons (Fsp3) is 0.568. The average Bonchev–Trinajstić information content (AvgIpc) is 2.94. The van der Waals surface area contributed by atoms with Crippen molar-refractivity contribution < 1.29 is 28.7 Å². The van der Waals surface area contributed by atoms with Gasteiger partial charge in [-0.25, -0.2) is 9.59 Å². The maximum Gasteiger partial charge on any atom is 0.408 e. The number of hydrogen-bond acceptors (Lipinski definition) is 6. The van der Waals surface area contributed by atoms with E-state index in [-0.39, 0.29) is 18.9 Å². The van der Waals surface area contributed by atoms with E-state index in [1.54, 1.807) is 41.5 Å². The Bertz CT molecular complexity index is 1310. The van der Waals surface area contributed by atoms with Gasteiger partial charge in [0.25, 0.3) is 0 Å². The first-order chi connectivity index (χ1) is 21.4. The van der Waals surface area contributed by atoms with E-state index in [1.165, 1.54) is 4.90 Å². The molecule has 0 saturated heterocycles. The third kappa shape index (κ3) is 11.5. The lowest BCUT2D eigenvalue weighted by Crippen LogP contribution is -2.56. The summed E-state index contributed by atoms with van der Waals surface area (Å²) in [6.07, 6.45) is 0.658. The molecule has 9 nitrogen and oxygen atoms in total. The van der Waals surface area contributed by atoms with Crippen molar-refractivity contribution in [2.45, 2.75) is 125 Å². The molecule has 0 aliphatic heterocycles. The summed E-state index contributed by atoms with van der Waals surface area (Å²) in [5, 5.41) is 5.77. The first-order valence-electron chi connectivity index (χ1n) is 16.3. The zero-order valence-corrected chi connectivity index (χ0v) is 29.7. The van der Waals surface area contributed by atoms with Crippen LogP contribution in [0.3, 0.4) is 0 Å². The smallest absolute Gasteiger partial charge is 0.408 e. The van der Waals surface area contributed by atoms with Gasteiger partial charge in [0.05, 0.1) is 0 Å². The zero-order chi connectivity index (χ0) is 34.8. The Hall–Kier alpha value is -3.88. The number of carbonyl (C=O) groups excluding carboxylic acids is 4. The Morgan fingerprint density at radius 2 is 1.37 bits per heavy atom. The van der Waals surface area contributed by atoms with Crippen LogP contribution in [0.15, 0.2) is 48.5 Å². The Labute approximate surface area is 275 Å². The molecule has 0 aromatic heterocycles. The van der Waals surface area contributed by atoms with Crippen LogP contribution in [0, 0.1) is 19.8 Å². The summed E-state index contributed by atoms with van der Waals surface area (Å²) in [5.74, 6) is -1.73. The van der Waals surface area contributed by atoms with Gasteiger partial charge in [-0.15, -0.1) is 0 Å². The van der Waals surface area contributed by atoms with E-state index in [0.717, 1.165) is 16.7 Å². The number of nitrogens with one attached hydrogen (secondary N) is 2. The van der Waals surface area contributed by atoms with Gasteiger partial charge in [0.2, 0.25) is 11.8 Å². The van der Waals surface area contributed by atoms with E-state index in [4.69, 9.17) is 9.47 Å². The van der Waals surface area contributed by atoms with Crippen molar-refractivity contribution in [1.82, 2.24) is 15.5 Å². The second-order valence-electron chi connectivity index (χ2n) is 14.0. The fourth-order valence-corrected chi connectivity index (χ4v) is 5.26. The summed E-state index contributed by atoms with van der Waals surface area (Å²) in [5.41, 5.74) is 1.64. The Balaban J connectivity index is 2.66. The number of ether oxygens (including phenoxy) is 2. The summed E-state index contributed by atoms with van der Waals surface area (Å²) in [7, 11) is 0. The van der Waals surface area contributed by atoms with Crippen LogP contribution in [0.25, 0.3) is 0 Å². The normalized spacial score (nSPS) is 14.3. The van der Waals surface area contributed by atoms with Crippen LogP contribution in [0.4, 0.5) is 4.79 Å². The lowest BCUT2D eigenvalue weighted by Gasteiger charge is -2.37. The molecule has 0 spiro atoms. The van der Waals surface area contributed by atoms with Crippen molar-refractivity contribution >= 4 is 23.9 Å². The van der Waals surface area contributed by atoms with E-state index in [9.17, 15) is 19.2 Å². The molecule has 2 aromatic rings. The van der Waals surface area contributed by atoms with Gasteiger partial charge in [0, 0.05) is 13.0 Å². The minimum atomic E-state index is -1.08. The predicted octanol–water partition coefficient (Wildman–Crippen LogP) is 6.59. The van der Waals surface area contributed by atoms with Crippen LogP contribution in [0.5, 0.6) is 0 Å². The number of carbonyl (C=O) groups is 4. The first kappa shape index (κ1) is 38.3. The summed E-state index contributed by atoms with van der Waals surface area (Å²) in [4.78, 5) is 57.1. The quantitative estimate of drug-likeness (QED) is 0.240. The van der Waals surface area contributed by atoms with Gasteiger partial charge in [-0.1, -0.05) is 75.7 Å². The molecule has 9 heteroatoms. The second kappa shape index (κ2) is 16.6. The highest BCUT2D eigenvalue weighted by atomic mass is 16.6. The minimum absolute atomic E-state index is 0.207. The summed E-state index contributed by atoms with van der Waals surface area (Å²) >= 11 is 0. The molecule has 0 radical (unpaired) electrons. The van der Waals surface area contributed by atoms with Gasteiger partial charge in [-0.05, 0) is 90.0 Å². The number of alkyl carbamates (subject to hydrolysis) is 1. The summed E-state index contributed by atoms with van der Waals surface area (Å²) < 4.78 is 11.2. The lowest BCUT2D eigenvalue weighted by molar-refractivity contribution is -0.159. The van der Waals surface area contributed by atoms with Crippen LogP contribution < -0.4 is 10.6 Å². The number of aryl methyl sites for hydroxylation is 2. The highest BCUT2D eigenvalue weighted by molar-refractivity contribution is 5.94. The SMILES string of the molecule is CCCN(C(=O)C(NC(=O)OC(C)(C)C)C(C)CC)C(C(=O)NC(Cc1ccccc1)C(=O)OC(C)(C)C)c1c(C)cccc1C. The summed E-state index contributed by atoms with van der Waals surface area (Å²) in [6.45, 7) is 20.4. The van der Waals surface area contributed by atoms with Gasteiger partial charge in [-0.3, -0.25) is 9.59 Å². The van der Waals surface area contributed by atoms with Gasteiger partial charge in [0.15, 0.2) is 0 Å². The molecular formula is C37H55N3O6. The van der Waals surface area contributed by atoms with Gasteiger partial charge >= 0.3 is 12.1 Å². The molecule has 0 saturated carbocycles. The molecule has 46 heavy (non-hydrogen) atoms. The molecule has 2 aromatic carbocycles. The molecule has 0 heterocycles. The fourth-order valence-electron chi connectivity index (χ4n) is 5.26. The van der Waals surface area contributed by atoms with Crippen molar-refractivity contribution in [3.63, 3.8) is 0 Å². The van der Waals surface area contributed by atoms with E-state index in [2.05, 4.69) is 10.6 Å². The molecule has 2 N–H and O–H groups in total. The predicted molar refractivity (Wildman–Crippen MR) is 181 cm³/mol. The molecule has 4 unspecified atom stereocenters. The van der Waals surface area contributed by atoms with Crippen LogP contribution in [-0.2, 0) is 30.3 Å². The largest absolute Gasteiger partial charge is 0.458 e. The molecule has 0 bridgehead atoms. The van der Waals surface area contributed by atoms with Crippen molar-refractivity contribution in [3.05, 3.63) is 70.8 Å². The third-order valence-corrected chi connectivity index (χ3v) is 7.56. The van der Waals surface area contributed by atoms with Crippen molar-refractivity contribution in [3.8, 4) is 0 Å². The van der Waals surface area contributed by atoms with Crippen molar-refractivity contribution in [2.24, 2.45) is 5.92 Å². The van der Waals surface area contributed by atoms with Crippen molar-refractivity contribution in [1.29, 1.82) is 0 Å². The molecule has 0 aliphatic rings. The molecule has 254 valence electrons. The monoisotopic (exact) mass is 637 g/mol. The number of benzene rings is 2. The number of rotatable bonds is 13. The maximum absolute atomic E-state index is 14.6. The number of amides is 3. The zero-order valence-electron chi connectivity index (χ0n) is 29.7. The van der Waals surface area contributed by atoms with Gasteiger partial charge in [0.1, 0.15) is 29.3 Å². The molecule has 4 atom stereocenters. The van der Waals surface area contributed by atoms with E-state index in [0.29, 0.717) is 18.4 Å². The third-order valence-electron chi connectivity index (χ3n) is 7.56. The molecule has 2 rings (SSSR count). The van der Waals surface area contributed by atoms with Crippen LogP contribution in [-0.4, -0.2) is 58.6 Å². The maximum atomic E-state index is 14.6. The molecule has 3 amide bonds. The van der Waals surface area contributed by atoms with Crippen LogP contribution in [0.2, 0.25) is 0 Å². The van der Waals surface area contributed by atoms with Gasteiger partial charge in [-0.2, -0.15) is 0 Å². The number of nitrogens with zero attached hydrogens (tertiary/aromatic N) is 1. The highest BCUT2D eigenvalue weighted by Gasteiger charge is 2.40. The Morgan fingerprint density at radius 3 is 1.87 bits per heavy atom. The molecule has 0 fully saturated rings. The lowest BCUT2D eigenvalue weighted by atomic mass is 9.91. The Kier molecular flexibility index (Phi) is 13.8. The van der Waals surface area contributed by atoms with Crippen molar-refractivity contribution in [2.75, 3.05) is 6.54 Å². The van der Waals surface area contributed by atoms with E-state index < -0.39 is 53.2 Å². The standard InChI is InChI=1S/C37H55N3O6/c1-12-22-40(33(42)30(24(3)13-2)39-35(44)46-37(9,10)11)31(29-25(4)18-17-19-26(29)5)32(41)38-28(34(43)45-36(6,7)8)23-27-20-15-14-16-21-27/h14-21,24,28,30-31H,12-13,22-23H2,1-11H3,(H,38,41)(H,39,44). The molecule has 0 aliphatic carbocycles. The second-order valence-corrected chi connectivity index (χ2v) is 14.0. The number of hydrogen-bond donors (Lipinski definition) is 2. The average molecular weight is 638 g/mol. The number of esters is 1. The Morgan fingerprint density at radius 1 is 0.804 bits per heavy atom. The topological polar surface area (TPSA) is 114 Å². The van der Waals surface area contributed by atoms with Gasteiger partial charge < -0.3 is 25.0 Å². The molecular weight excluding hydrogens is 582 g/mol. The highest BCUT2D eigenvalue weighted by Crippen LogP contribution is 2.30. The van der Waals surface area contributed by atoms with E-state index in [1.807, 2.05) is 83.1 Å².